The van der Waals surface area contributed by atoms with Crippen molar-refractivity contribution in [1.29, 1.82) is 0 Å². The lowest BCUT2D eigenvalue weighted by Crippen LogP contribution is -2.09. The van der Waals surface area contributed by atoms with Gasteiger partial charge in [0.25, 0.3) is 0 Å². The second kappa shape index (κ2) is 7.66. The maximum absolute atomic E-state index is 6.31. The molecule has 0 spiro atoms. The summed E-state index contributed by atoms with van der Waals surface area (Å²) in [5.74, 6) is 2.45. The van der Waals surface area contributed by atoms with E-state index in [9.17, 15) is 0 Å². The number of rotatable bonds is 5. The molecule has 6 nitrogen and oxygen atoms in total. The first-order chi connectivity index (χ1) is 13.5. The quantitative estimate of drug-likeness (QED) is 0.527. The summed E-state index contributed by atoms with van der Waals surface area (Å²) in [4.78, 5) is 13.5. The lowest BCUT2D eigenvalue weighted by Gasteiger charge is -2.13. The summed E-state index contributed by atoms with van der Waals surface area (Å²) < 4.78 is 7.04. The highest BCUT2D eigenvalue weighted by molar-refractivity contribution is 6.35. The number of hydrogen-bond donors (Lipinski definition) is 1. The van der Waals surface area contributed by atoms with Gasteiger partial charge in [-0.25, -0.2) is 15.0 Å². The molecule has 2 aromatic rings. The number of nitrogens with two attached hydrogens (primary N) is 1. The van der Waals surface area contributed by atoms with Crippen molar-refractivity contribution in [1.82, 2.24) is 19.5 Å². The van der Waals surface area contributed by atoms with E-state index in [0.29, 0.717) is 46.2 Å². The number of halogens is 2. The number of benzene rings is 2. The Balaban J connectivity index is 1.68. The highest BCUT2D eigenvalue weighted by Gasteiger charge is 2.20. The molecule has 0 radical (unpaired) electrons. The molecule has 0 fully saturated rings. The van der Waals surface area contributed by atoms with Crippen LogP contribution in [0.25, 0.3) is 11.5 Å². The third kappa shape index (κ3) is 3.61. The lowest BCUT2D eigenvalue weighted by molar-refractivity contribution is 0.414. The first-order valence-corrected chi connectivity index (χ1v) is 9.34. The van der Waals surface area contributed by atoms with Crippen molar-refractivity contribution in [2.45, 2.75) is 13.0 Å². The van der Waals surface area contributed by atoms with Crippen LogP contribution in [0.1, 0.15) is 17.0 Å². The summed E-state index contributed by atoms with van der Waals surface area (Å²) in [6, 6.07) is 13.2. The summed E-state index contributed by atoms with van der Waals surface area (Å²) >= 11 is 12.6. The minimum absolute atomic E-state index is 0.338. The molecule has 2 aliphatic rings. The fraction of sp³-hybridized carbons (Fsp3) is 0.150. The molecule has 2 N–H and O–H groups in total. The molecule has 0 aromatic heterocycles. The van der Waals surface area contributed by atoms with Gasteiger partial charge in [-0.05, 0) is 29.8 Å². The maximum atomic E-state index is 6.31. The highest BCUT2D eigenvalue weighted by atomic mass is 35.5. The van der Waals surface area contributed by atoms with Crippen LogP contribution in [-0.4, -0.2) is 26.6 Å². The zero-order valence-corrected chi connectivity index (χ0v) is 16.6. The first-order valence-electron chi connectivity index (χ1n) is 8.58. The Bertz CT molecular complexity index is 1070. The van der Waals surface area contributed by atoms with Crippen molar-refractivity contribution >= 4 is 29.0 Å². The molecule has 0 unspecified atom stereocenters. The van der Waals surface area contributed by atoms with Gasteiger partial charge in [-0.3, -0.25) is 0 Å². The second-order valence-electron chi connectivity index (χ2n) is 6.29. The summed E-state index contributed by atoms with van der Waals surface area (Å²) in [5, 5.41) is 1.17. The number of nitrogens with zero attached hydrogens (tertiary/aromatic N) is 4. The summed E-state index contributed by atoms with van der Waals surface area (Å²) in [6.07, 6.45) is 2.20. The number of methoxy groups -OCH3 is 1. The maximum Gasteiger partial charge on any atom is 0.166 e. The van der Waals surface area contributed by atoms with Gasteiger partial charge in [-0.15, -0.1) is 0 Å². The largest absolute Gasteiger partial charge is 0.497 e. The van der Waals surface area contributed by atoms with Crippen LogP contribution in [-0.2, 0) is 13.0 Å². The van der Waals surface area contributed by atoms with Gasteiger partial charge in [0.05, 0.1) is 20.0 Å². The minimum atomic E-state index is 0.338. The number of nitrogen functional groups attached to an aromatic ring is 1. The van der Waals surface area contributed by atoms with E-state index in [1.165, 1.54) is 0 Å². The Morgan fingerprint density at radius 1 is 1.04 bits per heavy atom. The van der Waals surface area contributed by atoms with Crippen molar-refractivity contribution in [3.63, 3.8) is 0 Å². The Hall–Kier alpha value is -2.83. The molecule has 0 saturated heterocycles. The third-order valence-corrected chi connectivity index (χ3v) is 5.16. The molecular weight excluding hydrogens is 397 g/mol. The van der Waals surface area contributed by atoms with Crippen molar-refractivity contribution in [2.24, 2.45) is 0 Å². The molecule has 28 heavy (non-hydrogen) atoms. The van der Waals surface area contributed by atoms with Crippen LogP contribution in [0.5, 0.6) is 5.75 Å². The molecule has 0 bridgehead atoms. The number of fused-ring (bicyclic) bond motifs is 1. The molecule has 0 amide bonds. The summed E-state index contributed by atoms with van der Waals surface area (Å²) in [5.41, 5.74) is 8.46. The summed E-state index contributed by atoms with van der Waals surface area (Å²) in [7, 11) is 1.64. The van der Waals surface area contributed by atoms with E-state index in [4.69, 9.17) is 33.7 Å². The van der Waals surface area contributed by atoms with Crippen LogP contribution in [0.3, 0.4) is 0 Å². The average Bonchev–Trinajstić information content (AvgIpc) is 3.12. The Morgan fingerprint density at radius 2 is 1.75 bits per heavy atom. The average molecular weight is 414 g/mol. The van der Waals surface area contributed by atoms with E-state index in [2.05, 4.69) is 15.0 Å². The standard InChI is InChI=1S/C20H17Cl2N5O/c1-28-13-7-5-12(6-8-13)9-17-25-18-19(23)24-11-27(20(18)26-17)10-14-15(21)3-2-4-16(14)22/h2-8,11H,9-10,23H2,1H3. The monoisotopic (exact) mass is 413 g/mol. The van der Waals surface area contributed by atoms with Crippen LogP contribution in [0, 0.1) is 0 Å². The van der Waals surface area contributed by atoms with Gasteiger partial charge < -0.3 is 15.0 Å². The smallest absolute Gasteiger partial charge is 0.166 e. The molecule has 8 heteroatoms. The number of ether oxygens (including phenoxy) is 1. The van der Waals surface area contributed by atoms with Gasteiger partial charge in [0.15, 0.2) is 17.3 Å². The van der Waals surface area contributed by atoms with Gasteiger partial charge in [0, 0.05) is 22.0 Å². The van der Waals surface area contributed by atoms with Gasteiger partial charge in [-0.1, -0.05) is 41.4 Å². The van der Waals surface area contributed by atoms with E-state index in [0.717, 1.165) is 16.9 Å². The van der Waals surface area contributed by atoms with Crippen molar-refractivity contribution in [3.8, 4) is 17.3 Å². The van der Waals surface area contributed by atoms with Gasteiger partial charge in [-0.2, -0.15) is 0 Å². The Morgan fingerprint density at radius 3 is 2.43 bits per heavy atom. The molecule has 142 valence electrons. The zero-order valence-electron chi connectivity index (χ0n) is 15.1. The lowest BCUT2D eigenvalue weighted by atomic mass is 10.1. The number of imidazole rings is 1. The van der Waals surface area contributed by atoms with Crippen LogP contribution in [0.2, 0.25) is 10.0 Å². The fourth-order valence-electron chi connectivity index (χ4n) is 2.97. The number of hydrogen-bond acceptors (Lipinski definition) is 5. The van der Waals surface area contributed by atoms with Crippen molar-refractivity contribution < 1.29 is 4.74 Å². The predicted octanol–water partition coefficient (Wildman–Crippen LogP) is 4.31. The van der Waals surface area contributed by atoms with E-state index in [-0.39, 0.29) is 0 Å². The topological polar surface area (TPSA) is 78.9 Å². The SMILES string of the molecule is COc1ccc(Cc2nc3c(N)ncn(Cc4c(Cl)cccc4Cl)c-3n2)cc1. The van der Waals surface area contributed by atoms with Gasteiger partial charge in [0.1, 0.15) is 11.6 Å². The van der Waals surface area contributed by atoms with Crippen LogP contribution >= 0.6 is 23.2 Å². The van der Waals surface area contributed by atoms with Gasteiger partial charge in [0.2, 0.25) is 0 Å². The van der Waals surface area contributed by atoms with Gasteiger partial charge >= 0.3 is 0 Å². The zero-order chi connectivity index (χ0) is 19.7. The highest BCUT2D eigenvalue weighted by Crippen LogP contribution is 2.29. The molecular formula is C20H17Cl2N5O. The second-order valence-corrected chi connectivity index (χ2v) is 7.11. The van der Waals surface area contributed by atoms with Crippen molar-refractivity contribution in [3.05, 3.63) is 75.8 Å². The summed E-state index contributed by atoms with van der Waals surface area (Å²) in [6.45, 7) is 0.420. The molecule has 0 saturated carbocycles. The van der Waals surface area contributed by atoms with Crippen LogP contribution < -0.4 is 10.5 Å². The van der Waals surface area contributed by atoms with Crippen LogP contribution in [0.4, 0.5) is 5.82 Å². The van der Waals surface area contributed by atoms with Crippen LogP contribution in [0.15, 0.2) is 48.8 Å². The Kier molecular flexibility index (Phi) is 5.07. The fourth-order valence-corrected chi connectivity index (χ4v) is 3.49. The number of anilines is 1. The van der Waals surface area contributed by atoms with E-state index < -0.39 is 0 Å². The molecule has 2 heterocycles. The van der Waals surface area contributed by atoms with Crippen molar-refractivity contribution in [2.75, 3.05) is 12.8 Å². The molecule has 4 rings (SSSR count). The Labute approximate surface area is 172 Å². The minimum Gasteiger partial charge on any atom is -0.497 e. The third-order valence-electron chi connectivity index (χ3n) is 4.45. The van der Waals surface area contributed by atoms with E-state index >= 15 is 0 Å². The van der Waals surface area contributed by atoms with E-state index in [1.807, 2.05) is 34.9 Å². The first kappa shape index (κ1) is 18.5. The molecule has 0 aliphatic carbocycles. The molecule has 2 aliphatic heterocycles. The predicted molar refractivity (Wildman–Crippen MR) is 110 cm³/mol. The molecule has 2 aromatic carbocycles. The molecule has 0 atom stereocenters. The van der Waals surface area contributed by atoms with E-state index in [1.54, 1.807) is 25.6 Å². The number of aromatic nitrogens is 4. The normalized spacial score (nSPS) is 11.1.